The van der Waals surface area contributed by atoms with Gasteiger partial charge >= 0.3 is 0 Å². The van der Waals surface area contributed by atoms with E-state index in [1.54, 1.807) is 9.80 Å². The standard InChI is InChI=1S/C33H40FN7O3/c1-19(42)32(43)39-11-8-21(9-12-39)24-5-3-4-22-14-28(41(29(22)24)17-20-6-7-20)31-37-27-15-25-26(36-30(27)38(31)2)10-13-40(33(25)44)18-23(35)16-34/h3-5,14-15,19-21,23,42H,6-13,16-18,35H2,1-2H3/t19-,23+/m0/s1. The van der Waals surface area contributed by atoms with Gasteiger partial charge in [0.1, 0.15) is 18.3 Å². The lowest BCUT2D eigenvalue weighted by Crippen LogP contribution is -2.45. The second-order valence-electron chi connectivity index (χ2n) is 12.9. The van der Waals surface area contributed by atoms with E-state index in [1.165, 1.54) is 30.8 Å². The number of aliphatic hydroxyl groups is 1. The third-order valence-electron chi connectivity index (χ3n) is 9.63. The number of para-hydroxylation sites is 1. The van der Waals surface area contributed by atoms with E-state index in [4.69, 9.17) is 15.7 Å². The zero-order valence-electron chi connectivity index (χ0n) is 25.4. The fourth-order valence-electron chi connectivity index (χ4n) is 7.06. The van der Waals surface area contributed by atoms with Crippen molar-refractivity contribution in [1.82, 2.24) is 28.9 Å². The first-order valence-corrected chi connectivity index (χ1v) is 15.8. The summed E-state index contributed by atoms with van der Waals surface area (Å²) in [6.45, 7) is 3.69. The first-order valence-electron chi connectivity index (χ1n) is 15.8. The van der Waals surface area contributed by atoms with Crippen LogP contribution in [0.15, 0.2) is 30.3 Å². The summed E-state index contributed by atoms with van der Waals surface area (Å²) < 4.78 is 17.5. The van der Waals surface area contributed by atoms with Crippen molar-refractivity contribution < 1.29 is 19.1 Å². The molecule has 2 aliphatic heterocycles. The number of likely N-dealkylation sites (tertiary alicyclic amines) is 1. The molecule has 1 aliphatic carbocycles. The highest BCUT2D eigenvalue weighted by Gasteiger charge is 2.32. The average molecular weight is 602 g/mol. The summed E-state index contributed by atoms with van der Waals surface area (Å²) in [7, 11) is 1.98. The summed E-state index contributed by atoms with van der Waals surface area (Å²) in [4.78, 5) is 39.0. The molecule has 0 spiro atoms. The summed E-state index contributed by atoms with van der Waals surface area (Å²) in [6, 6.07) is 9.86. The summed E-state index contributed by atoms with van der Waals surface area (Å²) >= 11 is 0. The van der Waals surface area contributed by atoms with Gasteiger partial charge in [0.2, 0.25) is 0 Å². The lowest BCUT2D eigenvalue weighted by Gasteiger charge is -2.33. The molecule has 1 aromatic carbocycles. The van der Waals surface area contributed by atoms with E-state index in [0.717, 1.165) is 47.6 Å². The van der Waals surface area contributed by atoms with Crippen LogP contribution in [0.4, 0.5) is 4.39 Å². The van der Waals surface area contributed by atoms with E-state index in [-0.39, 0.29) is 18.4 Å². The number of imidazole rings is 1. The van der Waals surface area contributed by atoms with E-state index in [9.17, 15) is 19.1 Å². The molecule has 2 amide bonds. The van der Waals surface area contributed by atoms with Gasteiger partial charge in [0.05, 0.1) is 28.5 Å². The Morgan fingerprint density at radius 2 is 1.91 bits per heavy atom. The molecule has 5 heterocycles. The second-order valence-corrected chi connectivity index (χ2v) is 12.9. The highest BCUT2D eigenvalue weighted by Crippen LogP contribution is 2.40. The molecule has 3 aromatic heterocycles. The fourth-order valence-corrected chi connectivity index (χ4v) is 7.06. The maximum Gasteiger partial charge on any atom is 0.255 e. The second kappa shape index (κ2) is 11.3. The van der Waals surface area contributed by atoms with Crippen LogP contribution in [-0.4, -0.2) is 90.8 Å². The summed E-state index contributed by atoms with van der Waals surface area (Å²) in [5.41, 5.74) is 12.0. The van der Waals surface area contributed by atoms with Crippen LogP contribution in [0.25, 0.3) is 33.6 Å². The van der Waals surface area contributed by atoms with Crippen LogP contribution in [0.2, 0.25) is 0 Å². The van der Waals surface area contributed by atoms with Gasteiger partial charge in [0, 0.05) is 51.6 Å². The van der Waals surface area contributed by atoms with Gasteiger partial charge < -0.3 is 29.8 Å². The van der Waals surface area contributed by atoms with E-state index < -0.39 is 18.8 Å². The number of nitrogens with two attached hydrogens (primary N) is 1. The zero-order chi connectivity index (χ0) is 30.7. The van der Waals surface area contributed by atoms with Gasteiger partial charge in [-0.05, 0) is 62.1 Å². The van der Waals surface area contributed by atoms with Crippen LogP contribution < -0.4 is 5.73 Å². The van der Waals surface area contributed by atoms with E-state index in [0.29, 0.717) is 49.0 Å². The molecule has 7 rings (SSSR count). The number of piperidine rings is 1. The quantitative estimate of drug-likeness (QED) is 0.319. The van der Waals surface area contributed by atoms with Gasteiger partial charge in [-0.3, -0.25) is 9.59 Å². The van der Waals surface area contributed by atoms with Crippen molar-refractivity contribution in [3.05, 3.63) is 47.2 Å². The Labute approximate surface area is 255 Å². The maximum absolute atomic E-state index is 13.3. The molecule has 232 valence electrons. The Kier molecular flexibility index (Phi) is 7.40. The number of halogens is 1. The number of rotatable bonds is 8. The van der Waals surface area contributed by atoms with Crippen LogP contribution >= 0.6 is 0 Å². The normalized spacial score (nSPS) is 19.2. The third-order valence-corrected chi connectivity index (χ3v) is 9.63. The zero-order valence-corrected chi connectivity index (χ0v) is 25.4. The monoisotopic (exact) mass is 601 g/mol. The number of benzene rings is 1. The minimum atomic E-state index is -0.974. The molecule has 2 atom stereocenters. The molecular weight excluding hydrogens is 561 g/mol. The van der Waals surface area contributed by atoms with Gasteiger partial charge in [-0.1, -0.05) is 18.2 Å². The molecule has 0 unspecified atom stereocenters. The van der Waals surface area contributed by atoms with Crippen molar-refractivity contribution in [1.29, 1.82) is 0 Å². The number of fused-ring (bicyclic) bond motifs is 3. The van der Waals surface area contributed by atoms with E-state index in [1.807, 2.05) is 17.7 Å². The molecule has 0 radical (unpaired) electrons. The number of aryl methyl sites for hydroxylation is 1. The predicted octanol–water partition coefficient (Wildman–Crippen LogP) is 3.38. The number of nitrogens with zero attached hydrogens (tertiary/aromatic N) is 6. The Bertz CT molecular complexity index is 1750. The van der Waals surface area contributed by atoms with Crippen molar-refractivity contribution >= 4 is 33.9 Å². The number of pyridine rings is 1. The van der Waals surface area contributed by atoms with Crippen LogP contribution in [0, 0.1) is 5.92 Å². The summed E-state index contributed by atoms with van der Waals surface area (Å²) in [5, 5.41) is 11.0. The Hall–Kier alpha value is -3.83. The van der Waals surface area contributed by atoms with Crippen LogP contribution in [0.5, 0.6) is 0 Å². The van der Waals surface area contributed by atoms with Gasteiger partial charge in [0.25, 0.3) is 11.8 Å². The van der Waals surface area contributed by atoms with E-state index >= 15 is 0 Å². The lowest BCUT2D eigenvalue weighted by atomic mass is 9.88. The Morgan fingerprint density at radius 3 is 2.61 bits per heavy atom. The molecule has 3 N–H and O–H groups in total. The topological polar surface area (TPSA) is 123 Å². The number of aliphatic hydroxyl groups excluding tert-OH is 1. The predicted molar refractivity (Wildman–Crippen MR) is 166 cm³/mol. The molecule has 1 saturated heterocycles. The number of hydrogen-bond donors (Lipinski definition) is 2. The molecule has 3 aliphatic rings. The molecule has 11 heteroatoms. The van der Waals surface area contributed by atoms with Gasteiger partial charge in [-0.15, -0.1) is 0 Å². The highest BCUT2D eigenvalue weighted by molar-refractivity contribution is 5.99. The first kappa shape index (κ1) is 28.9. The van der Waals surface area contributed by atoms with E-state index in [2.05, 4.69) is 28.8 Å². The molecule has 1 saturated carbocycles. The first-order chi connectivity index (χ1) is 21.2. The van der Waals surface area contributed by atoms with Gasteiger partial charge in [-0.2, -0.15) is 0 Å². The Balaban J connectivity index is 1.27. The number of amides is 2. The SMILES string of the molecule is C[C@H](O)C(=O)N1CCC(c2cccc3cc(-c4nc5cc6c(nc5n4C)CCN(C[C@H](N)CF)C6=O)n(CC4CC4)c23)CC1. The number of alkyl halides is 1. The fraction of sp³-hybridized carbons (Fsp3) is 0.515. The summed E-state index contributed by atoms with van der Waals surface area (Å²) in [5.74, 6) is 1.37. The van der Waals surface area contributed by atoms with Crippen molar-refractivity contribution in [2.45, 2.75) is 63.6 Å². The Morgan fingerprint density at radius 1 is 1.14 bits per heavy atom. The molecule has 0 bridgehead atoms. The molecule has 4 aromatic rings. The van der Waals surface area contributed by atoms with Gasteiger partial charge in [-0.25, -0.2) is 14.4 Å². The molecule has 44 heavy (non-hydrogen) atoms. The molecular formula is C33H40FN7O3. The summed E-state index contributed by atoms with van der Waals surface area (Å²) in [6.07, 6.45) is 3.74. The van der Waals surface area contributed by atoms with Crippen LogP contribution in [0.1, 0.15) is 60.1 Å². The largest absolute Gasteiger partial charge is 0.384 e. The third kappa shape index (κ3) is 5.05. The molecule has 10 nitrogen and oxygen atoms in total. The van der Waals surface area contributed by atoms with Crippen molar-refractivity contribution in [3.8, 4) is 11.5 Å². The van der Waals surface area contributed by atoms with Crippen molar-refractivity contribution in [2.75, 3.05) is 32.9 Å². The van der Waals surface area contributed by atoms with Crippen molar-refractivity contribution in [2.24, 2.45) is 18.7 Å². The number of carbonyl (C=O) groups is 2. The van der Waals surface area contributed by atoms with Crippen LogP contribution in [-0.2, 0) is 24.8 Å². The van der Waals surface area contributed by atoms with Crippen LogP contribution in [0.3, 0.4) is 0 Å². The number of aromatic nitrogens is 4. The van der Waals surface area contributed by atoms with Crippen molar-refractivity contribution in [3.63, 3.8) is 0 Å². The lowest BCUT2D eigenvalue weighted by molar-refractivity contribution is -0.140. The highest BCUT2D eigenvalue weighted by atomic mass is 19.1. The maximum atomic E-state index is 13.3. The van der Waals surface area contributed by atoms with Gasteiger partial charge in [0.15, 0.2) is 11.5 Å². The smallest absolute Gasteiger partial charge is 0.255 e. The minimum Gasteiger partial charge on any atom is -0.384 e. The molecule has 2 fully saturated rings. The number of carbonyl (C=O) groups excluding carboxylic acids is 2. The average Bonchev–Trinajstić information content (AvgIpc) is 3.70. The minimum absolute atomic E-state index is 0.176. The number of hydrogen-bond acceptors (Lipinski definition) is 6.